The van der Waals surface area contributed by atoms with Gasteiger partial charge in [-0.3, -0.25) is 9.78 Å². The van der Waals surface area contributed by atoms with E-state index in [0.29, 0.717) is 22.4 Å². The standard InChI is InChI=1S/C17H12ClN5OS/c18-11-3-1-10(2-4-11)12-8-20-15(22-12)9-21-16(24)17-23-13-7-19-6-5-14(13)25-17/h1-8H,9H2,(H,20,22)(H,21,24). The van der Waals surface area contributed by atoms with Gasteiger partial charge in [0.15, 0.2) is 5.01 Å². The number of benzene rings is 1. The third kappa shape index (κ3) is 3.38. The van der Waals surface area contributed by atoms with E-state index in [-0.39, 0.29) is 5.91 Å². The van der Waals surface area contributed by atoms with E-state index >= 15 is 0 Å². The van der Waals surface area contributed by atoms with Gasteiger partial charge < -0.3 is 10.3 Å². The minimum Gasteiger partial charge on any atom is -0.343 e. The van der Waals surface area contributed by atoms with Crippen molar-refractivity contribution >= 4 is 39.1 Å². The Balaban J connectivity index is 1.44. The maximum Gasteiger partial charge on any atom is 0.280 e. The smallest absolute Gasteiger partial charge is 0.280 e. The number of nitrogens with zero attached hydrogens (tertiary/aromatic N) is 3. The molecule has 0 bridgehead atoms. The molecule has 0 spiro atoms. The van der Waals surface area contributed by atoms with Crippen LogP contribution in [0.3, 0.4) is 0 Å². The van der Waals surface area contributed by atoms with Gasteiger partial charge in [0.2, 0.25) is 0 Å². The van der Waals surface area contributed by atoms with Gasteiger partial charge >= 0.3 is 0 Å². The molecule has 2 N–H and O–H groups in total. The zero-order valence-electron chi connectivity index (χ0n) is 12.9. The number of fused-ring (bicyclic) bond motifs is 1. The van der Waals surface area contributed by atoms with Crippen molar-refractivity contribution in [2.75, 3.05) is 0 Å². The van der Waals surface area contributed by atoms with Crippen LogP contribution in [0.25, 0.3) is 21.5 Å². The van der Waals surface area contributed by atoms with Gasteiger partial charge in [-0.25, -0.2) is 9.97 Å². The second-order valence-electron chi connectivity index (χ2n) is 5.30. The van der Waals surface area contributed by atoms with Gasteiger partial charge in [-0.1, -0.05) is 23.7 Å². The van der Waals surface area contributed by atoms with E-state index in [0.717, 1.165) is 21.5 Å². The molecule has 0 saturated carbocycles. The molecule has 4 aromatic rings. The van der Waals surface area contributed by atoms with Crippen molar-refractivity contribution in [1.82, 2.24) is 25.3 Å². The van der Waals surface area contributed by atoms with Crippen molar-refractivity contribution in [2.24, 2.45) is 0 Å². The molecule has 6 nitrogen and oxygen atoms in total. The van der Waals surface area contributed by atoms with E-state index in [4.69, 9.17) is 11.6 Å². The Morgan fingerprint density at radius 3 is 2.84 bits per heavy atom. The van der Waals surface area contributed by atoms with Crippen molar-refractivity contribution in [3.05, 3.63) is 64.8 Å². The van der Waals surface area contributed by atoms with Gasteiger partial charge in [0, 0.05) is 11.2 Å². The summed E-state index contributed by atoms with van der Waals surface area (Å²) in [7, 11) is 0. The van der Waals surface area contributed by atoms with Gasteiger partial charge in [-0.2, -0.15) is 0 Å². The highest BCUT2D eigenvalue weighted by Gasteiger charge is 2.12. The molecule has 0 aliphatic heterocycles. The summed E-state index contributed by atoms with van der Waals surface area (Å²) >= 11 is 7.23. The number of H-pyrrole nitrogens is 1. The first-order valence-corrected chi connectivity index (χ1v) is 8.67. The summed E-state index contributed by atoms with van der Waals surface area (Å²) in [6.45, 7) is 0.292. The van der Waals surface area contributed by atoms with Crippen LogP contribution in [0.2, 0.25) is 5.02 Å². The van der Waals surface area contributed by atoms with Crippen LogP contribution in [0.5, 0.6) is 0 Å². The first kappa shape index (κ1) is 15.7. The fraction of sp³-hybridized carbons (Fsp3) is 0.0588. The molecular formula is C17H12ClN5OS. The van der Waals surface area contributed by atoms with E-state index in [1.54, 1.807) is 18.6 Å². The van der Waals surface area contributed by atoms with Crippen LogP contribution in [0.15, 0.2) is 48.9 Å². The van der Waals surface area contributed by atoms with E-state index in [9.17, 15) is 4.79 Å². The summed E-state index contributed by atoms with van der Waals surface area (Å²) in [5, 5.41) is 3.92. The van der Waals surface area contributed by atoms with E-state index in [2.05, 4.69) is 25.3 Å². The molecule has 0 unspecified atom stereocenters. The molecule has 1 amide bonds. The van der Waals surface area contributed by atoms with Crippen LogP contribution >= 0.6 is 22.9 Å². The van der Waals surface area contributed by atoms with E-state index in [1.165, 1.54) is 11.3 Å². The number of aromatic nitrogens is 4. The maximum atomic E-state index is 12.3. The minimum atomic E-state index is -0.231. The second-order valence-corrected chi connectivity index (χ2v) is 6.76. The molecule has 8 heteroatoms. The number of rotatable bonds is 4. The normalized spacial score (nSPS) is 10.9. The quantitative estimate of drug-likeness (QED) is 0.575. The number of amides is 1. The molecule has 0 fully saturated rings. The molecule has 0 radical (unpaired) electrons. The lowest BCUT2D eigenvalue weighted by atomic mass is 10.2. The molecule has 3 aromatic heterocycles. The summed E-state index contributed by atoms with van der Waals surface area (Å²) in [6.07, 6.45) is 5.06. The lowest BCUT2D eigenvalue weighted by Crippen LogP contribution is -2.23. The highest BCUT2D eigenvalue weighted by Crippen LogP contribution is 2.21. The Morgan fingerprint density at radius 1 is 1.20 bits per heavy atom. The Kier molecular flexibility index (Phi) is 4.17. The van der Waals surface area contributed by atoms with Crippen LogP contribution in [0.4, 0.5) is 0 Å². The predicted molar refractivity (Wildman–Crippen MR) is 97.6 cm³/mol. The number of imidazole rings is 1. The van der Waals surface area contributed by atoms with Crippen molar-refractivity contribution in [2.45, 2.75) is 6.54 Å². The molecule has 0 aliphatic rings. The van der Waals surface area contributed by atoms with Gasteiger partial charge in [-0.15, -0.1) is 11.3 Å². The largest absolute Gasteiger partial charge is 0.343 e. The Hall–Kier alpha value is -2.77. The van der Waals surface area contributed by atoms with Crippen LogP contribution in [-0.2, 0) is 6.54 Å². The number of hydrogen-bond donors (Lipinski definition) is 2. The van der Waals surface area contributed by atoms with E-state index < -0.39 is 0 Å². The number of carbonyl (C=O) groups excluding carboxylic acids is 1. The Labute approximate surface area is 151 Å². The Morgan fingerprint density at radius 2 is 2.04 bits per heavy atom. The van der Waals surface area contributed by atoms with Crippen molar-refractivity contribution < 1.29 is 4.79 Å². The summed E-state index contributed by atoms with van der Waals surface area (Å²) < 4.78 is 0.933. The number of thiazole rings is 1. The monoisotopic (exact) mass is 369 g/mol. The van der Waals surface area contributed by atoms with Crippen molar-refractivity contribution in [3.63, 3.8) is 0 Å². The van der Waals surface area contributed by atoms with Crippen LogP contribution in [0.1, 0.15) is 15.6 Å². The van der Waals surface area contributed by atoms with Crippen molar-refractivity contribution in [3.8, 4) is 11.3 Å². The summed E-state index contributed by atoms with van der Waals surface area (Å²) in [4.78, 5) is 28.0. The average molecular weight is 370 g/mol. The SMILES string of the molecule is O=C(NCc1ncc(-c2ccc(Cl)cc2)[nH]1)c1nc2cnccc2s1. The maximum absolute atomic E-state index is 12.3. The fourth-order valence-electron chi connectivity index (χ4n) is 2.35. The third-order valence-corrected chi connectivity index (χ3v) is 4.87. The number of halogens is 1. The zero-order valence-corrected chi connectivity index (χ0v) is 14.4. The average Bonchev–Trinajstić information content (AvgIpc) is 3.27. The first-order chi connectivity index (χ1) is 12.2. The Bertz CT molecular complexity index is 1010. The summed E-state index contributed by atoms with van der Waals surface area (Å²) in [5.74, 6) is 0.437. The number of hydrogen-bond acceptors (Lipinski definition) is 5. The molecule has 25 heavy (non-hydrogen) atoms. The van der Waals surface area contributed by atoms with Crippen molar-refractivity contribution in [1.29, 1.82) is 0 Å². The molecule has 0 atom stereocenters. The number of carbonyl (C=O) groups is 1. The number of pyridine rings is 1. The fourth-order valence-corrected chi connectivity index (χ4v) is 3.32. The van der Waals surface area contributed by atoms with Gasteiger partial charge in [0.25, 0.3) is 5.91 Å². The van der Waals surface area contributed by atoms with Gasteiger partial charge in [0.05, 0.1) is 29.3 Å². The molecule has 124 valence electrons. The topological polar surface area (TPSA) is 83.6 Å². The number of aromatic amines is 1. The lowest BCUT2D eigenvalue weighted by Gasteiger charge is -2.00. The number of nitrogens with one attached hydrogen (secondary N) is 2. The highest BCUT2D eigenvalue weighted by atomic mass is 35.5. The zero-order chi connectivity index (χ0) is 17.2. The molecular weight excluding hydrogens is 358 g/mol. The first-order valence-electron chi connectivity index (χ1n) is 7.47. The van der Waals surface area contributed by atoms with Crippen LogP contribution in [0, 0.1) is 0 Å². The van der Waals surface area contributed by atoms with Gasteiger partial charge in [-0.05, 0) is 23.8 Å². The molecule has 3 heterocycles. The van der Waals surface area contributed by atoms with Crippen LogP contribution in [-0.4, -0.2) is 25.8 Å². The molecule has 0 saturated heterocycles. The highest BCUT2D eigenvalue weighted by molar-refractivity contribution is 7.20. The van der Waals surface area contributed by atoms with E-state index in [1.807, 2.05) is 30.3 Å². The predicted octanol–water partition coefficient (Wildman–Crippen LogP) is 3.66. The van der Waals surface area contributed by atoms with Crippen LogP contribution < -0.4 is 5.32 Å². The summed E-state index contributed by atoms with van der Waals surface area (Å²) in [6, 6.07) is 9.30. The van der Waals surface area contributed by atoms with Gasteiger partial charge in [0.1, 0.15) is 11.3 Å². The summed E-state index contributed by atoms with van der Waals surface area (Å²) in [5.41, 5.74) is 2.57. The molecule has 4 rings (SSSR count). The second kappa shape index (κ2) is 6.62. The third-order valence-electron chi connectivity index (χ3n) is 3.58. The molecule has 1 aromatic carbocycles. The molecule has 0 aliphatic carbocycles. The lowest BCUT2D eigenvalue weighted by molar-refractivity contribution is 0.0950. The minimum absolute atomic E-state index is 0.231.